The zero-order valence-corrected chi connectivity index (χ0v) is 9.78. The Kier molecular flexibility index (Phi) is 4.62. The van der Waals surface area contributed by atoms with Crippen LogP contribution in [0.25, 0.3) is 0 Å². The van der Waals surface area contributed by atoms with Gasteiger partial charge in [-0.3, -0.25) is 4.79 Å². The summed E-state index contributed by atoms with van der Waals surface area (Å²) in [5, 5.41) is 3.73. The van der Waals surface area contributed by atoms with E-state index in [1.807, 2.05) is 17.7 Å². The summed E-state index contributed by atoms with van der Waals surface area (Å²) < 4.78 is 6.02. The van der Waals surface area contributed by atoms with Crippen molar-refractivity contribution >= 4 is 33.0 Å². The minimum atomic E-state index is 0.0431. The molecule has 1 rings (SSSR count). The average Bonchev–Trinajstić information content (AvgIpc) is 2.52. The first-order valence-corrected chi connectivity index (χ1v) is 5.82. The average molecular weight is 263 g/mol. The van der Waals surface area contributed by atoms with Crippen LogP contribution in [-0.4, -0.2) is 19.0 Å². The molecule has 0 amide bonds. The van der Waals surface area contributed by atoms with Gasteiger partial charge in [0.15, 0.2) is 5.78 Å². The molecule has 0 N–H and O–H groups in total. The molecule has 1 aromatic rings. The Bertz CT molecular complexity index is 283. The number of ether oxygens (including phenoxy) is 1. The maximum Gasteiger partial charge on any atom is 0.190 e. The second kappa shape index (κ2) is 5.52. The highest BCUT2D eigenvalue weighted by Crippen LogP contribution is 2.21. The van der Waals surface area contributed by atoms with Crippen LogP contribution in [0.15, 0.2) is 15.2 Å². The van der Waals surface area contributed by atoms with E-state index in [9.17, 15) is 4.79 Å². The molecule has 0 bridgehead atoms. The summed E-state index contributed by atoms with van der Waals surface area (Å²) in [6.45, 7) is 2.85. The molecule has 4 heteroatoms. The molecule has 0 aliphatic rings. The Morgan fingerprint density at radius 1 is 1.62 bits per heavy atom. The fraction of sp³-hybridized carbons (Fsp3) is 0.444. The van der Waals surface area contributed by atoms with E-state index in [1.54, 1.807) is 0 Å². The molecule has 0 radical (unpaired) electrons. The highest BCUT2D eigenvalue weighted by atomic mass is 79.9. The van der Waals surface area contributed by atoms with Crippen molar-refractivity contribution < 1.29 is 9.53 Å². The first-order chi connectivity index (χ1) is 6.25. The van der Waals surface area contributed by atoms with Gasteiger partial charge in [0.1, 0.15) is 6.61 Å². The van der Waals surface area contributed by atoms with Gasteiger partial charge >= 0.3 is 0 Å². The molecule has 0 fully saturated rings. The van der Waals surface area contributed by atoms with Crippen molar-refractivity contribution in [2.45, 2.75) is 13.3 Å². The number of thiophene rings is 1. The fourth-order valence-corrected chi connectivity index (χ4v) is 2.39. The summed E-state index contributed by atoms with van der Waals surface area (Å²) >= 11 is 4.82. The fourth-order valence-electron chi connectivity index (χ4n) is 0.867. The van der Waals surface area contributed by atoms with Gasteiger partial charge in [0, 0.05) is 27.4 Å². The number of rotatable bonds is 5. The van der Waals surface area contributed by atoms with E-state index in [1.165, 1.54) is 11.3 Å². The Morgan fingerprint density at radius 2 is 2.38 bits per heavy atom. The van der Waals surface area contributed by atoms with Gasteiger partial charge in [-0.1, -0.05) is 6.92 Å². The monoisotopic (exact) mass is 262 g/mol. The zero-order chi connectivity index (χ0) is 9.68. The molecule has 1 aromatic heterocycles. The third kappa shape index (κ3) is 3.21. The van der Waals surface area contributed by atoms with Gasteiger partial charge in [0.05, 0.1) is 0 Å². The smallest absolute Gasteiger partial charge is 0.190 e. The molecule has 0 saturated carbocycles. The van der Waals surface area contributed by atoms with Crippen molar-refractivity contribution in [3.05, 3.63) is 20.8 Å². The van der Waals surface area contributed by atoms with E-state index >= 15 is 0 Å². The van der Waals surface area contributed by atoms with E-state index in [-0.39, 0.29) is 12.4 Å². The number of carbonyl (C=O) groups is 1. The number of hydrogen-bond acceptors (Lipinski definition) is 3. The van der Waals surface area contributed by atoms with Crippen molar-refractivity contribution in [2.75, 3.05) is 13.2 Å². The number of ketones is 1. The lowest BCUT2D eigenvalue weighted by Gasteiger charge is -2.00. The lowest BCUT2D eigenvalue weighted by Crippen LogP contribution is -2.09. The van der Waals surface area contributed by atoms with Gasteiger partial charge in [-0.2, -0.15) is 11.3 Å². The maximum atomic E-state index is 11.5. The number of Topliss-reactive ketones (excluding diaryl/α,β-unsaturated/α-hetero) is 1. The Balaban J connectivity index is 2.45. The topological polar surface area (TPSA) is 26.3 Å². The largest absolute Gasteiger partial charge is 0.373 e. The van der Waals surface area contributed by atoms with Gasteiger partial charge in [0.25, 0.3) is 0 Å². The lowest BCUT2D eigenvalue weighted by molar-refractivity contribution is 0.0761. The van der Waals surface area contributed by atoms with Crippen LogP contribution in [-0.2, 0) is 4.74 Å². The van der Waals surface area contributed by atoms with Crippen molar-refractivity contribution in [3.63, 3.8) is 0 Å². The first kappa shape index (κ1) is 10.9. The zero-order valence-electron chi connectivity index (χ0n) is 7.38. The molecule has 0 unspecified atom stereocenters. The Morgan fingerprint density at radius 3 is 2.92 bits per heavy atom. The van der Waals surface area contributed by atoms with Crippen molar-refractivity contribution in [2.24, 2.45) is 0 Å². The third-order valence-electron chi connectivity index (χ3n) is 1.50. The van der Waals surface area contributed by atoms with Crippen LogP contribution in [0.1, 0.15) is 23.7 Å². The summed E-state index contributed by atoms with van der Waals surface area (Å²) in [5.41, 5.74) is 0.723. The van der Waals surface area contributed by atoms with Crippen molar-refractivity contribution in [1.82, 2.24) is 0 Å². The van der Waals surface area contributed by atoms with Crippen LogP contribution in [0, 0.1) is 0 Å². The van der Waals surface area contributed by atoms with E-state index in [2.05, 4.69) is 15.9 Å². The molecule has 0 saturated heterocycles. The maximum absolute atomic E-state index is 11.5. The molecule has 1 heterocycles. The number of halogens is 1. The van der Waals surface area contributed by atoms with E-state index in [0.29, 0.717) is 6.61 Å². The molecular formula is C9H11BrO2S. The first-order valence-electron chi connectivity index (χ1n) is 4.08. The molecule has 0 spiro atoms. The predicted octanol–water partition coefficient (Wildman–Crippen LogP) is 3.12. The van der Waals surface area contributed by atoms with E-state index < -0.39 is 0 Å². The molecule has 2 nitrogen and oxygen atoms in total. The standard InChI is InChI=1S/C9H11BrO2S/c1-2-3-12-4-9(11)7-5-13-6-8(7)10/h5-6H,2-4H2,1H3. The van der Waals surface area contributed by atoms with Crippen LogP contribution in [0.2, 0.25) is 0 Å². The minimum absolute atomic E-state index is 0.0431. The van der Waals surface area contributed by atoms with Gasteiger partial charge in [0.2, 0.25) is 0 Å². The van der Waals surface area contributed by atoms with E-state index in [0.717, 1.165) is 16.5 Å². The summed E-state index contributed by atoms with van der Waals surface area (Å²) in [5.74, 6) is 0.0431. The number of hydrogen-bond donors (Lipinski definition) is 0. The Hall–Kier alpha value is -0.190. The van der Waals surface area contributed by atoms with Gasteiger partial charge in [-0.15, -0.1) is 0 Å². The summed E-state index contributed by atoms with van der Waals surface area (Å²) in [7, 11) is 0. The minimum Gasteiger partial charge on any atom is -0.373 e. The molecule has 72 valence electrons. The van der Waals surface area contributed by atoms with Crippen LogP contribution in [0.4, 0.5) is 0 Å². The van der Waals surface area contributed by atoms with Gasteiger partial charge < -0.3 is 4.74 Å². The highest BCUT2D eigenvalue weighted by Gasteiger charge is 2.10. The van der Waals surface area contributed by atoms with Crippen molar-refractivity contribution in [3.8, 4) is 0 Å². The van der Waals surface area contributed by atoms with Gasteiger partial charge in [-0.05, 0) is 22.4 Å². The molecule has 0 aromatic carbocycles. The van der Waals surface area contributed by atoms with E-state index in [4.69, 9.17) is 4.74 Å². The Labute approximate surface area is 90.0 Å². The predicted molar refractivity (Wildman–Crippen MR) is 57.5 cm³/mol. The van der Waals surface area contributed by atoms with Crippen LogP contribution >= 0.6 is 27.3 Å². The van der Waals surface area contributed by atoms with Gasteiger partial charge in [-0.25, -0.2) is 0 Å². The SMILES string of the molecule is CCCOCC(=O)c1cscc1Br. The second-order valence-electron chi connectivity index (χ2n) is 2.61. The molecule has 0 aliphatic heterocycles. The molecule has 0 atom stereocenters. The van der Waals surface area contributed by atoms with Crippen LogP contribution < -0.4 is 0 Å². The normalized spacial score (nSPS) is 10.3. The second-order valence-corrected chi connectivity index (χ2v) is 4.21. The molecule has 13 heavy (non-hydrogen) atoms. The molecular weight excluding hydrogens is 252 g/mol. The summed E-state index contributed by atoms with van der Waals surface area (Å²) in [6, 6.07) is 0. The van der Waals surface area contributed by atoms with Crippen LogP contribution in [0.5, 0.6) is 0 Å². The summed E-state index contributed by atoms with van der Waals surface area (Å²) in [4.78, 5) is 11.5. The lowest BCUT2D eigenvalue weighted by atomic mass is 10.2. The number of carbonyl (C=O) groups excluding carboxylic acids is 1. The highest BCUT2D eigenvalue weighted by molar-refractivity contribution is 9.10. The molecule has 0 aliphatic carbocycles. The quantitative estimate of drug-likeness (QED) is 0.602. The third-order valence-corrected chi connectivity index (χ3v) is 3.20. The van der Waals surface area contributed by atoms with Crippen molar-refractivity contribution in [1.29, 1.82) is 0 Å². The van der Waals surface area contributed by atoms with Crippen LogP contribution in [0.3, 0.4) is 0 Å². The summed E-state index contributed by atoms with van der Waals surface area (Å²) in [6.07, 6.45) is 0.943.